The van der Waals surface area contributed by atoms with E-state index >= 15 is 0 Å². The van der Waals surface area contributed by atoms with Crippen LogP contribution in [0.1, 0.15) is 33.2 Å². The molecule has 11 heteroatoms. The molecular weight excluding hydrogens is 489 g/mol. The lowest BCUT2D eigenvalue weighted by atomic mass is 10.0. The molecule has 3 aromatic rings. The molecule has 0 aliphatic carbocycles. The summed E-state index contributed by atoms with van der Waals surface area (Å²) < 4.78 is 14.4. The number of aromatic nitrogens is 1. The van der Waals surface area contributed by atoms with Crippen LogP contribution in [-0.2, 0) is 16.2 Å². The van der Waals surface area contributed by atoms with Crippen LogP contribution in [0.25, 0.3) is 10.9 Å². The molecule has 1 saturated heterocycles. The van der Waals surface area contributed by atoms with Crippen molar-refractivity contribution in [3.8, 4) is 0 Å². The van der Waals surface area contributed by atoms with Crippen LogP contribution >= 0.6 is 11.6 Å². The monoisotopic (exact) mass is 515 g/mol. The Morgan fingerprint density at radius 1 is 1.17 bits per heavy atom. The first-order chi connectivity index (χ1) is 17.1. The van der Waals surface area contributed by atoms with Crippen molar-refractivity contribution in [3.63, 3.8) is 0 Å². The molecule has 0 saturated carbocycles. The minimum Gasteiger partial charge on any atom is -0.339 e. The number of hydrogen-bond acceptors (Lipinski definition) is 6. The highest BCUT2D eigenvalue weighted by atomic mass is 35.5. The number of hydroxylamine groups is 2. The van der Waals surface area contributed by atoms with Crippen LogP contribution in [0.15, 0.2) is 42.6 Å². The lowest BCUT2D eigenvalue weighted by Gasteiger charge is -2.40. The average Bonchev–Trinajstić information content (AvgIpc) is 3.18. The van der Waals surface area contributed by atoms with Crippen LogP contribution in [0.5, 0.6) is 0 Å². The van der Waals surface area contributed by atoms with Gasteiger partial charge in [-0.05, 0) is 36.8 Å². The summed E-state index contributed by atoms with van der Waals surface area (Å²) in [4.78, 5) is 47.4. The van der Waals surface area contributed by atoms with Gasteiger partial charge in [-0.15, -0.1) is 0 Å². The lowest BCUT2D eigenvalue weighted by molar-refractivity contribution is -0.162. The molecule has 2 aromatic carbocycles. The third kappa shape index (κ3) is 4.92. The van der Waals surface area contributed by atoms with Crippen molar-refractivity contribution in [2.45, 2.75) is 19.5 Å². The summed E-state index contributed by atoms with van der Waals surface area (Å²) in [7, 11) is 2.60. The summed E-state index contributed by atoms with van der Waals surface area (Å²) in [5, 5.41) is 1.35. The minimum absolute atomic E-state index is 0.0456. The average molecular weight is 516 g/mol. The highest BCUT2D eigenvalue weighted by Gasteiger charge is 2.31. The molecule has 0 spiro atoms. The second kappa shape index (κ2) is 10.3. The van der Waals surface area contributed by atoms with E-state index in [0.29, 0.717) is 37.1 Å². The predicted molar refractivity (Wildman–Crippen MR) is 133 cm³/mol. The molecule has 0 radical (unpaired) electrons. The van der Waals surface area contributed by atoms with Crippen LogP contribution in [0.4, 0.5) is 4.39 Å². The standard InChI is InChI=1S/C25H27ClFN5O4/c1-15-12-30(13-16-4-6-17(27)7-5-16)8-9-31(15)24(34)19-10-18-20(23(33)25(35)29(2)36-3)14-32(28)22(18)11-21(19)26/h4-7,10-11,14-15H,8-9,12-13,28H2,1-3H3. The van der Waals surface area contributed by atoms with Crippen LogP contribution in [-0.4, -0.2) is 77.0 Å². The molecule has 1 aliphatic rings. The first kappa shape index (κ1) is 25.6. The number of amides is 2. The predicted octanol–water partition coefficient (Wildman–Crippen LogP) is 2.70. The lowest BCUT2D eigenvalue weighted by Crippen LogP contribution is -2.53. The maximum absolute atomic E-state index is 13.5. The Morgan fingerprint density at radius 3 is 2.50 bits per heavy atom. The zero-order valence-corrected chi connectivity index (χ0v) is 21.0. The molecule has 9 nitrogen and oxygen atoms in total. The van der Waals surface area contributed by atoms with Gasteiger partial charge in [0, 0.05) is 50.9 Å². The number of hydrogen-bond donors (Lipinski definition) is 1. The van der Waals surface area contributed by atoms with E-state index in [1.165, 1.54) is 49.3 Å². The fraction of sp³-hybridized carbons (Fsp3) is 0.320. The molecule has 2 heterocycles. The van der Waals surface area contributed by atoms with Crippen LogP contribution in [0, 0.1) is 5.82 Å². The summed E-state index contributed by atoms with van der Waals surface area (Å²) in [6, 6.07) is 9.29. The van der Waals surface area contributed by atoms with Crippen molar-refractivity contribution in [2.24, 2.45) is 0 Å². The quantitative estimate of drug-likeness (QED) is 0.234. The summed E-state index contributed by atoms with van der Waals surface area (Å²) >= 11 is 6.47. The number of halogens is 2. The van der Waals surface area contributed by atoms with E-state index in [0.717, 1.165) is 10.6 Å². The number of nitrogens with two attached hydrogens (primary N) is 1. The Labute approximate surface area is 212 Å². The van der Waals surface area contributed by atoms with E-state index < -0.39 is 11.7 Å². The van der Waals surface area contributed by atoms with Gasteiger partial charge in [0.25, 0.3) is 11.7 Å². The number of nitrogen functional groups attached to an aromatic ring is 1. The molecule has 36 heavy (non-hydrogen) atoms. The Balaban J connectivity index is 1.57. The first-order valence-electron chi connectivity index (χ1n) is 11.3. The van der Waals surface area contributed by atoms with Gasteiger partial charge in [0.1, 0.15) is 5.82 Å². The van der Waals surface area contributed by atoms with Gasteiger partial charge < -0.3 is 10.7 Å². The second-order valence-electron chi connectivity index (χ2n) is 8.82. The smallest absolute Gasteiger partial charge is 0.318 e. The molecule has 2 N–H and O–H groups in total. The zero-order valence-electron chi connectivity index (χ0n) is 20.2. The number of piperazine rings is 1. The highest BCUT2D eigenvalue weighted by Crippen LogP contribution is 2.30. The van der Waals surface area contributed by atoms with Gasteiger partial charge in [-0.2, -0.15) is 0 Å². The fourth-order valence-electron chi connectivity index (χ4n) is 4.44. The Morgan fingerprint density at radius 2 is 1.86 bits per heavy atom. The summed E-state index contributed by atoms with van der Waals surface area (Å²) in [5.74, 6) is 3.74. The van der Waals surface area contributed by atoms with Crippen molar-refractivity contribution >= 4 is 40.1 Å². The van der Waals surface area contributed by atoms with Gasteiger partial charge in [-0.25, -0.2) is 9.45 Å². The molecule has 1 fully saturated rings. The van der Waals surface area contributed by atoms with Gasteiger partial charge >= 0.3 is 5.91 Å². The fourth-order valence-corrected chi connectivity index (χ4v) is 4.68. The highest BCUT2D eigenvalue weighted by molar-refractivity contribution is 6.45. The van der Waals surface area contributed by atoms with Gasteiger partial charge in [0.2, 0.25) is 0 Å². The molecule has 4 rings (SSSR count). The topological polar surface area (TPSA) is 101 Å². The summed E-state index contributed by atoms with van der Waals surface area (Å²) in [6.07, 6.45) is 1.33. The van der Waals surface area contributed by atoms with Crippen molar-refractivity contribution in [3.05, 3.63) is 70.1 Å². The number of fused-ring (bicyclic) bond motifs is 1. The number of nitrogens with zero attached hydrogens (tertiary/aromatic N) is 4. The van der Waals surface area contributed by atoms with E-state index in [1.807, 2.05) is 6.92 Å². The molecule has 1 unspecified atom stereocenters. The zero-order chi connectivity index (χ0) is 26.1. The van der Waals surface area contributed by atoms with E-state index in [4.69, 9.17) is 22.3 Å². The summed E-state index contributed by atoms with van der Waals surface area (Å²) in [5.41, 5.74) is 1.67. The number of carbonyl (C=O) groups is 3. The summed E-state index contributed by atoms with van der Waals surface area (Å²) in [6.45, 7) is 4.33. The van der Waals surface area contributed by atoms with Gasteiger partial charge in [0.05, 0.1) is 28.8 Å². The molecule has 1 atom stereocenters. The molecule has 2 amide bonds. The minimum atomic E-state index is -0.876. The molecule has 1 aromatic heterocycles. The SMILES string of the molecule is CON(C)C(=O)C(=O)c1cn(N)c2cc(Cl)c(C(=O)N3CCN(Cc4ccc(F)cc4)CC3C)cc12. The maximum atomic E-state index is 13.5. The van der Waals surface area contributed by atoms with Gasteiger partial charge in [-0.3, -0.25) is 28.8 Å². The molecule has 1 aliphatic heterocycles. The van der Waals surface area contributed by atoms with E-state index in [2.05, 4.69) is 4.90 Å². The van der Waals surface area contributed by atoms with Crippen molar-refractivity contribution in [1.29, 1.82) is 0 Å². The molecular formula is C25H27ClFN5O4. The van der Waals surface area contributed by atoms with E-state index in [-0.39, 0.29) is 33.9 Å². The van der Waals surface area contributed by atoms with Crippen LogP contribution in [0.3, 0.4) is 0 Å². The van der Waals surface area contributed by atoms with Crippen LogP contribution < -0.4 is 5.84 Å². The normalized spacial score (nSPS) is 16.4. The van der Waals surface area contributed by atoms with Crippen molar-refractivity contribution < 1.29 is 23.6 Å². The number of likely N-dealkylation sites (N-methyl/N-ethyl adjacent to an activating group) is 1. The van der Waals surface area contributed by atoms with Gasteiger partial charge in [-0.1, -0.05) is 23.7 Å². The Bertz CT molecular complexity index is 1330. The number of Topliss-reactive ketones (excluding diaryl/α,β-unsaturated/α-hetero) is 1. The third-order valence-corrected chi connectivity index (χ3v) is 6.76. The number of rotatable bonds is 6. The number of benzene rings is 2. The van der Waals surface area contributed by atoms with E-state index in [1.54, 1.807) is 17.0 Å². The Kier molecular flexibility index (Phi) is 7.30. The van der Waals surface area contributed by atoms with E-state index in [9.17, 15) is 18.8 Å². The van der Waals surface area contributed by atoms with Crippen molar-refractivity contribution in [2.75, 3.05) is 39.6 Å². The van der Waals surface area contributed by atoms with Gasteiger partial charge in [0.15, 0.2) is 0 Å². The van der Waals surface area contributed by atoms with Crippen molar-refractivity contribution in [1.82, 2.24) is 19.5 Å². The largest absolute Gasteiger partial charge is 0.339 e. The second-order valence-corrected chi connectivity index (χ2v) is 9.23. The maximum Gasteiger partial charge on any atom is 0.318 e. The first-order valence-corrected chi connectivity index (χ1v) is 11.7. The number of carbonyl (C=O) groups excluding carboxylic acids is 3. The number of ketones is 1. The third-order valence-electron chi connectivity index (χ3n) is 6.44. The molecule has 190 valence electrons. The molecule has 0 bridgehead atoms. The van der Waals surface area contributed by atoms with Crippen LogP contribution in [0.2, 0.25) is 5.02 Å². The Hall–Kier alpha value is -3.47.